The number of rotatable bonds is 2. The second-order valence-electron chi connectivity index (χ2n) is 3.20. The lowest BCUT2D eigenvalue weighted by atomic mass is 10.2. The van der Waals surface area contributed by atoms with Crippen LogP contribution in [0, 0.1) is 0 Å². The second kappa shape index (κ2) is 3.59. The van der Waals surface area contributed by atoms with Crippen LogP contribution in [0.25, 0.3) is 0 Å². The summed E-state index contributed by atoms with van der Waals surface area (Å²) >= 11 is 0. The van der Waals surface area contributed by atoms with E-state index in [9.17, 15) is 0 Å². The molecule has 0 aromatic heterocycles. The van der Waals surface area contributed by atoms with Gasteiger partial charge >= 0.3 is 0 Å². The lowest BCUT2D eigenvalue weighted by molar-refractivity contribution is 0.793. The maximum absolute atomic E-state index is 3.48. The first kappa shape index (κ1) is 7.62. The molecule has 12 heavy (non-hydrogen) atoms. The van der Waals surface area contributed by atoms with E-state index in [2.05, 4.69) is 34.9 Å². The van der Waals surface area contributed by atoms with E-state index >= 15 is 0 Å². The molecular formula is C10H14N2. The predicted octanol–water partition coefficient (Wildman–Crippen LogP) is 1.46. The molecule has 1 aromatic rings. The summed E-state index contributed by atoms with van der Waals surface area (Å²) in [7, 11) is 0. The molecule has 1 aromatic carbocycles. The van der Waals surface area contributed by atoms with Crippen molar-refractivity contribution in [1.82, 2.24) is 5.32 Å². The lowest BCUT2D eigenvalue weighted by Crippen LogP contribution is -2.21. The maximum atomic E-state index is 3.48. The monoisotopic (exact) mass is 162 g/mol. The van der Waals surface area contributed by atoms with Gasteiger partial charge in [0.15, 0.2) is 0 Å². The highest BCUT2D eigenvalue weighted by molar-refractivity contribution is 5.43. The largest absolute Gasteiger partial charge is 0.381 e. The second-order valence-corrected chi connectivity index (χ2v) is 3.20. The fraction of sp³-hybridized carbons (Fsp3) is 0.400. The van der Waals surface area contributed by atoms with Crippen molar-refractivity contribution < 1.29 is 0 Å². The van der Waals surface area contributed by atoms with Crippen LogP contribution in [0.4, 0.5) is 5.69 Å². The summed E-state index contributed by atoms with van der Waals surface area (Å²) in [4.78, 5) is 0. The Balaban J connectivity index is 1.94. The van der Waals surface area contributed by atoms with E-state index in [0.29, 0.717) is 6.04 Å². The fourth-order valence-corrected chi connectivity index (χ4v) is 1.55. The van der Waals surface area contributed by atoms with Gasteiger partial charge in [0, 0.05) is 18.3 Å². The molecule has 0 aliphatic carbocycles. The van der Waals surface area contributed by atoms with E-state index in [1.165, 1.54) is 12.1 Å². The van der Waals surface area contributed by atoms with Crippen molar-refractivity contribution in [2.75, 3.05) is 18.4 Å². The molecule has 0 amide bonds. The van der Waals surface area contributed by atoms with Gasteiger partial charge in [-0.1, -0.05) is 18.2 Å². The summed E-state index contributed by atoms with van der Waals surface area (Å²) < 4.78 is 0. The Kier molecular flexibility index (Phi) is 2.28. The van der Waals surface area contributed by atoms with Crippen LogP contribution in [0.1, 0.15) is 6.42 Å². The molecule has 1 saturated heterocycles. The zero-order chi connectivity index (χ0) is 8.23. The van der Waals surface area contributed by atoms with Gasteiger partial charge in [-0.2, -0.15) is 0 Å². The van der Waals surface area contributed by atoms with Crippen molar-refractivity contribution in [3.63, 3.8) is 0 Å². The molecule has 0 unspecified atom stereocenters. The summed E-state index contributed by atoms with van der Waals surface area (Å²) in [6.07, 6.45) is 1.23. The highest BCUT2D eigenvalue weighted by Crippen LogP contribution is 2.10. The highest BCUT2D eigenvalue weighted by atomic mass is 15.0. The quantitative estimate of drug-likeness (QED) is 0.688. The van der Waals surface area contributed by atoms with Crippen molar-refractivity contribution in [2.45, 2.75) is 12.5 Å². The zero-order valence-corrected chi connectivity index (χ0v) is 7.09. The number of hydrogen-bond acceptors (Lipinski definition) is 2. The molecule has 1 aliphatic rings. The van der Waals surface area contributed by atoms with Gasteiger partial charge in [0.05, 0.1) is 0 Å². The van der Waals surface area contributed by atoms with Gasteiger partial charge in [0.1, 0.15) is 0 Å². The predicted molar refractivity (Wildman–Crippen MR) is 51.3 cm³/mol. The maximum Gasteiger partial charge on any atom is 0.0398 e. The number of benzene rings is 1. The molecule has 0 bridgehead atoms. The first-order valence-corrected chi connectivity index (χ1v) is 4.47. The summed E-state index contributed by atoms with van der Waals surface area (Å²) in [6, 6.07) is 11.0. The first-order valence-electron chi connectivity index (χ1n) is 4.47. The summed E-state index contributed by atoms with van der Waals surface area (Å²) in [5.74, 6) is 0. The van der Waals surface area contributed by atoms with Gasteiger partial charge in [-0.25, -0.2) is 0 Å². The van der Waals surface area contributed by atoms with Crippen LogP contribution in [-0.4, -0.2) is 19.1 Å². The smallest absolute Gasteiger partial charge is 0.0398 e. The van der Waals surface area contributed by atoms with Crippen LogP contribution in [-0.2, 0) is 0 Å². The Morgan fingerprint density at radius 2 is 2.08 bits per heavy atom. The van der Waals surface area contributed by atoms with Crippen LogP contribution >= 0.6 is 0 Å². The normalized spacial score (nSPS) is 22.5. The van der Waals surface area contributed by atoms with E-state index in [0.717, 1.165) is 13.1 Å². The molecule has 2 N–H and O–H groups in total. The Morgan fingerprint density at radius 1 is 1.25 bits per heavy atom. The minimum Gasteiger partial charge on any atom is -0.381 e. The third-order valence-corrected chi connectivity index (χ3v) is 2.20. The average Bonchev–Trinajstić information content (AvgIpc) is 2.59. The van der Waals surface area contributed by atoms with Gasteiger partial charge in [-0.15, -0.1) is 0 Å². The Bertz CT molecular complexity index is 227. The van der Waals surface area contributed by atoms with Crippen molar-refractivity contribution >= 4 is 5.69 Å². The molecule has 2 rings (SSSR count). The van der Waals surface area contributed by atoms with Crippen LogP contribution < -0.4 is 10.6 Å². The molecule has 0 saturated carbocycles. The molecule has 1 aliphatic heterocycles. The molecule has 1 fully saturated rings. The third kappa shape index (κ3) is 1.77. The van der Waals surface area contributed by atoms with E-state index in [1.807, 2.05) is 6.07 Å². The number of anilines is 1. The van der Waals surface area contributed by atoms with Crippen LogP contribution in [0.2, 0.25) is 0 Å². The van der Waals surface area contributed by atoms with Crippen molar-refractivity contribution in [1.29, 1.82) is 0 Å². The molecule has 64 valence electrons. The van der Waals surface area contributed by atoms with Gasteiger partial charge < -0.3 is 10.6 Å². The minimum atomic E-state index is 0.618. The third-order valence-electron chi connectivity index (χ3n) is 2.20. The number of hydrogen-bond donors (Lipinski definition) is 2. The van der Waals surface area contributed by atoms with Gasteiger partial charge in [0.2, 0.25) is 0 Å². The summed E-state index contributed by atoms with van der Waals surface area (Å²) in [6.45, 7) is 2.24. The molecule has 1 heterocycles. The molecular weight excluding hydrogens is 148 g/mol. The van der Waals surface area contributed by atoms with Crippen molar-refractivity contribution in [3.05, 3.63) is 30.3 Å². The number of nitrogens with one attached hydrogen (secondary N) is 2. The average molecular weight is 162 g/mol. The Labute approximate surface area is 73.0 Å². The van der Waals surface area contributed by atoms with E-state index in [1.54, 1.807) is 0 Å². The fourth-order valence-electron chi connectivity index (χ4n) is 1.55. The van der Waals surface area contributed by atoms with Crippen LogP contribution in [0.3, 0.4) is 0 Å². The SMILES string of the molecule is c1ccc(N[C@H]2CCNC2)cc1. The van der Waals surface area contributed by atoms with E-state index in [-0.39, 0.29) is 0 Å². The van der Waals surface area contributed by atoms with Gasteiger partial charge in [0.25, 0.3) is 0 Å². The van der Waals surface area contributed by atoms with Crippen LogP contribution in [0.5, 0.6) is 0 Å². The van der Waals surface area contributed by atoms with Gasteiger partial charge in [-0.05, 0) is 25.1 Å². The van der Waals surface area contributed by atoms with Crippen LogP contribution in [0.15, 0.2) is 30.3 Å². The summed E-state index contributed by atoms with van der Waals surface area (Å²) in [5.41, 5.74) is 1.23. The first-order chi connectivity index (χ1) is 5.95. The minimum absolute atomic E-state index is 0.618. The van der Waals surface area contributed by atoms with Crippen molar-refractivity contribution in [2.24, 2.45) is 0 Å². The van der Waals surface area contributed by atoms with Crippen molar-refractivity contribution in [3.8, 4) is 0 Å². The molecule has 0 spiro atoms. The Morgan fingerprint density at radius 3 is 2.75 bits per heavy atom. The molecule has 0 radical (unpaired) electrons. The Hall–Kier alpha value is -1.02. The van der Waals surface area contributed by atoms with E-state index in [4.69, 9.17) is 0 Å². The van der Waals surface area contributed by atoms with Gasteiger partial charge in [-0.3, -0.25) is 0 Å². The number of para-hydroxylation sites is 1. The summed E-state index contributed by atoms with van der Waals surface area (Å²) in [5, 5.41) is 6.81. The topological polar surface area (TPSA) is 24.1 Å². The lowest BCUT2D eigenvalue weighted by Gasteiger charge is -2.11. The molecule has 2 heteroatoms. The molecule has 2 nitrogen and oxygen atoms in total. The highest BCUT2D eigenvalue weighted by Gasteiger charge is 2.12. The molecule has 1 atom stereocenters. The van der Waals surface area contributed by atoms with E-state index < -0.39 is 0 Å². The standard InChI is InChI=1S/C10H14N2/c1-2-4-9(5-3-1)12-10-6-7-11-8-10/h1-5,10-12H,6-8H2/t10-/m0/s1. The zero-order valence-electron chi connectivity index (χ0n) is 7.09.